The number of hydrogen-bond donors (Lipinski definition) is 2. The van der Waals surface area contributed by atoms with Gasteiger partial charge in [0.05, 0.1) is 20.3 Å². The second-order valence-electron chi connectivity index (χ2n) is 7.14. The molecule has 3 rings (SSSR count). The number of piperidine rings is 1. The molecule has 28 heavy (non-hydrogen) atoms. The molecule has 150 valence electrons. The van der Waals surface area contributed by atoms with Crippen molar-refractivity contribution in [3.8, 4) is 11.5 Å². The molecule has 6 heteroatoms. The Kier molecular flexibility index (Phi) is 6.76. The maximum atomic E-state index is 12.7. The first-order chi connectivity index (χ1) is 13.6. The average Bonchev–Trinajstić information content (AvgIpc) is 2.74. The summed E-state index contributed by atoms with van der Waals surface area (Å²) in [5.41, 5.74) is 8.22. The number of carbonyl (C=O) groups excluding carboxylic acids is 1. The molecule has 1 atom stereocenters. The van der Waals surface area contributed by atoms with Gasteiger partial charge in [0, 0.05) is 43.0 Å². The molecule has 1 saturated heterocycles. The van der Waals surface area contributed by atoms with E-state index in [1.807, 2.05) is 53.4 Å². The Balaban J connectivity index is 1.52. The van der Waals surface area contributed by atoms with E-state index >= 15 is 0 Å². The van der Waals surface area contributed by atoms with Crippen LogP contribution in [0.25, 0.3) is 0 Å². The van der Waals surface area contributed by atoms with Crippen molar-refractivity contribution in [2.24, 2.45) is 5.73 Å². The van der Waals surface area contributed by atoms with Crippen LogP contribution in [0.3, 0.4) is 0 Å². The Labute approximate surface area is 166 Å². The lowest BCUT2D eigenvalue weighted by atomic mass is 10.0. The maximum absolute atomic E-state index is 12.7. The van der Waals surface area contributed by atoms with Crippen molar-refractivity contribution in [1.29, 1.82) is 0 Å². The number of amides is 1. The highest BCUT2D eigenvalue weighted by Gasteiger charge is 2.26. The molecule has 1 unspecified atom stereocenters. The van der Waals surface area contributed by atoms with Crippen LogP contribution >= 0.6 is 0 Å². The molecule has 2 aromatic carbocycles. The highest BCUT2D eigenvalue weighted by Crippen LogP contribution is 2.27. The summed E-state index contributed by atoms with van der Waals surface area (Å²) >= 11 is 0. The molecule has 0 spiro atoms. The van der Waals surface area contributed by atoms with Crippen LogP contribution in [-0.2, 0) is 11.2 Å². The summed E-state index contributed by atoms with van der Waals surface area (Å²) in [5, 5.41) is 3.53. The number of nitrogens with two attached hydrogens (primary N) is 1. The number of benzene rings is 2. The first-order valence-corrected chi connectivity index (χ1v) is 9.67. The smallest absolute Gasteiger partial charge is 0.239 e. The van der Waals surface area contributed by atoms with Crippen LogP contribution in [-0.4, -0.2) is 50.2 Å². The fourth-order valence-corrected chi connectivity index (χ4v) is 3.56. The van der Waals surface area contributed by atoms with Gasteiger partial charge in [-0.1, -0.05) is 30.3 Å². The molecular formula is C22H29N3O3. The van der Waals surface area contributed by atoms with E-state index < -0.39 is 6.04 Å². The van der Waals surface area contributed by atoms with Gasteiger partial charge in [0.1, 0.15) is 11.5 Å². The summed E-state index contributed by atoms with van der Waals surface area (Å²) in [5.74, 6) is 1.54. The zero-order valence-electron chi connectivity index (χ0n) is 16.6. The third kappa shape index (κ3) is 5.16. The van der Waals surface area contributed by atoms with Crippen molar-refractivity contribution >= 4 is 11.6 Å². The van der Waals surface area contributed by atoms with Gasteiger partial charge in [-0.25, -0.2) is 0 Å². The number of anilines is 1. The number of ether oxygens (including phenoxy) is 2. The van der Waals surface area contributed by atoms with E-state index in [1.165, 1.54) is 0 Å². The summed E-state index contributed by atoms with van der Waals surface area (Å²) in [6, 6.07) is 15.5. The quantitative estimate of drug-likeness (QED) is 0.769. The number of hydrogen-bond acceptors (Lipinski definition) is 5. The predicted octanol–water partition coefficient (Wildman–Crippen LogP) is 2.68. The van der Waals surface area contributed by atoms with Crippen LogP contribution in [0.4, 0.5) is 5.69 Å². The van der Waals surface area contributed by atoms with Gasteiger partial charge in [-0.15, -0.1) is 0 Å². The van der Waals surface area contributed by atoms with E-state index in [0.717, 1.165) is 35.6 Å². The van der Waals surface area contributed by atoms with Crippen molar-refractivity contribution in [3.63, 3.8) is 0 Å². The van der Waals surface area contributed by atoms with Gasteiger partial charge in [-0.2, -0.15) is 0 Å². The van der Waals surface area contributed by atoms with Crippen molar-refractivity contribution in [2.45, 2.75) is 31.3 Å². The lowest BCUT2D eigenvalue weighted by Crippen LogP contribution is -2.49. The molecule has 1 fully saturated rings. The number of nitrogens with one attached hydrogen (secondary N) is 1. The fourth-order valence-electron chi connectivity index (χ4n) is 3.56. The Morgan fingerprint density at radius 2 is 1.71 bits per heavy atom. The Hall–Kier alpha value is -2.73. The van der Waals surface area contributed by atoms with Crippen molar-refractivity contribution in [1.82, 2.24) is 4.90 Å². The molecule has 1 heterocycles. The summed E-state index contributed by atoms with van der Waals surface area (Å²) in [7, 11) is 3.28. The van der Waals surface area contributed by atoms with Gasteiger partial charge in [-0.05, 0) is 24.8 Å². The molecule has 0 saturated carbocycles. The number of carbonyl (C=O) groups is 1. The summed E-state index contributed by atoms with van der Waals surface area (Å²) in [6.07, 6.45) is 2.33. The van der Waals surface area contributed by atoms with Gasteiger partial charge in [0.25, 0.3) is 0 Å². The molecule has 1 aliphatic rings. The fraction of sp³-hybridized carbons (Fsp3) is 0.409. The van der Waals surface area contributed by atoms with E-state index in [0.29, 0.717) is 25.6 Å². The first kappa shape index (κ1) is 20.0. The molecule has 2 aromatic rings. The van der Waals surface area contributed by atoms with Crippen molar-refractivity contribution in [2.75, 3.05) is 32.6 Å². The third-order valence-corrected chi connectivity index (χ3v) is 5.14. The predicted molar refractivity (Wildman–Crippen MR) is 111 cm³/mol. The minimum atomic E-state index is -0.491. The second kappa shape index (κ2) is 9.46. The largest absolute Gasteiger partial charge is 0.497 e. The number of likely N-dealkylation sites (tertiary alicyclic amines) is 1. The lowest BCUT2D eigenvalue weighted by molar-refractivity contribution is -0.133. The molecule has 3 N–H and O–H groups in total. The SMILES string of the molecule is COc1cc(NC2CCN(C(=O)C(N)Cc3ccccc3)CC2)cc(OC)c1. The minimum Gasteiger partial charge on any atom is -0.497 e. The van der Waals surface area contributed by atoms with Crippen LogP contribution in [0.15, 0.2) is 48.5 Å². The summed E-state index contributed by atoms with van der Waals surface area (Å²) in [4.78, 5) is 14.6. The van der Waals surface area contributed by atoms with E-state index in [2.05, 4.69) is 5.32 Å². The van der Waals surface area contributed by atoms with E-state index in [9.17, 15) is 4.79 Å². The van der Waals surface area contributed by atoms with Crippen LogP contribution in [0.5, 0.6) is 11.5 Å². The molecule has 1 amide bonds. The van der Waals surface area contributed by atoms with Crippen LogP contribution in [0, 0.1) is 0 Å². The van der Waals surface area contributed by atoms with Gasteiger partial charge in [0.15, 0.2) is 0 Å². The van der Waals surface area contributed by atoms with Crippen molar-refractivity contribution in [3.05, 3.63) is 54.1 Å². The van der Waals surface area contributed by atoms with Gasteiger partial charge >= 0.3 is 0 Å². The molecule has 0 aliphatic carbocycles. The second-order valence-corrected chi connectivity index (χ2v) is 7.14. The highest BCUT2D eigenvalue weighted by molar-refractivity contribution is 5.82. The maximum Gasteiger partial charge on any atom is 0.239 e. The Morgan fingerprint density at radius 3 is 2.29 bits per heavy atom. The number of rotatable bonds is 7. The van der Waals surface area contributed by atoms with Crippen LogP contribution in [0.1, 0.15) is 18.4 Å². The lowest BCUT2D eigenvalue weighted by Gasteiger charge is -2.34. The molecule has 6 nitrogen and oxygen atoms in total. The minimum absolute atomic E-state index is 0.0327. The van der Waals surface area contributed by atoms with Gasteiger partial charge in [-0.3, -0.25) is 4.79 Å². The summed E-state index contributed by atoms with van der Waals surface area (Å²) in [6.45, 7) is 1.42. The third-order valence-electron chi connectivity index (χ3n) is 5.14. The van der Waals surface area contributed by atoms with E-state index in [4.69, 9.17) is 15.2 Å². The molecule has 0 aromatic heterocycles. The van der Waals surface area contributed by atoms with Crippen molar-refractivity contribution < 1.29 is 14.3 Å². The highest BCUT2D eigenvalue weighted by atomic mass is 16.5. The Morgan fingerprint density at radius 1 is 1.11 bits per heavy atom. The average molecular weight is 383 g/mol. The standard InChI is InChI=1S/C22H29N3O3/c1-27-19-13-18(14-20(15-19)28-2)24-17-8-10-25(11-9-17)22(26)21(23)12-16-6-4-3-5-7-16/h3-7,13-15,17,21,24H,8-12,23H2,1-2H3. The van der Waals surface area contributed by atoms with Crippen LogP contribution in [0.2, 0.25) is 0 Å². The van der Waals surface area contributed by atoms with E-state index in [-0.39, 0.29) is 5.91 Å². The zero-order valence-corrected chi connectivity index (χ0v) is 16.6. The molecular weight excluding hydrogens is 354 g/mol. The van der Waals surface area contributed by atoms with Gasteiger partial charge < -0.3 is 25.4 Å². The molecule has 0 bridgehead atoms. The normalized spacial score (nSPS) is 15.8. The van der Waals surface area contributed by atoms with Crippen LogP contribution < -0.4 is 20.5 Å². The topological polar surface area (TPSA) is 76.8 Å². The van der Waals surface area contributed by atoms with Gasteiger partial charge in [0.2, 0.25) is 5.91 Å². The monoisotopic (exact) mass is 383 g/mol. The molecule has 0 radical (unpaired) electrons. The summed E-state index contributed by atoms with van der Waals surface area (Å²) < 4.78 is 10.6. The Bertz CT molecular complexity index is 752. The van der Waals surface area contributed by atoms with E-state index in [1.54, 1.807) is 14.2 Å². The zero-order chi connectivity index (χ0) is 19.9. The number of methoxy groups -OCH3 is 2. The molecule has 1 aliphatic heterocycles. The number of nitrogens with zero attached hydrogens (tertiary/aromatic N) is 1. The first-order valence-electron chi connectivity index (χ1n) is 9.67.